The number of anilines is 1. The number of carbonyl (C=O) groups is 1. The fourth-order valence-corrected chi connectivity index (χ4v) is 7.86. The summed E-state index contributed by atoms with van der Waals surface area (Å²) in [5.41, 5.74) is 3.17. The van der Waals surface area contributed by atoms with Crippen LogP contribution in [-0.2, 0) is 6.54 Å². The fraction of sp³-hybridized carbons (Fsp3) is 0.500. The number of aromatic nitrogens is 1. The number of benzene rings is 2. The molecule has 42 heavy (non-hydrogen) atoms. The van der Waals surface area contributed by atoms with Gasteiger partial charge in [-0.15, -0.1) is 13.2 Å². The Hall–Kier alpha value is -3.53. The highest BCUT2D eigenvalue weighted by Gasteiger charge is 2.55. The standard InChI is InChI=1S/C32H34F3N3O4/c1-37(18-26-28(36-42-29(26)19-9-10-19)25-7-2-3-8-27(25)41-32(33,34)35)24-16-31(17-24)14-22-11-12-23(15-31)38(22)21-6-4-5-20(13-21)30(39)40/h2-8,13,19,22-24H,9-12,14-18H2,1H3,(H,39,40). The zero-order valence-electron chi connectivity index (χ0n) is 23.4. The molecule has 7 rings (SSSR count). The van der Waals surface area contributed by atoms with Crippen molar-refractivity contribution in [2.75, 3.05) is 11.9 Å². The van der Waals surface area contributed by atoms with Crippen LogP contribution in [0.5, 0.6) is 5.75 Å². The topological polar surface area (TPSA) is 79.0 Å². The summed E-state index contributed by atoms with van der Waals surface area (Å²) in [4.78, 5) is 16.3. The second kappa shape index (κ2) is 10.0. The molecule has 0 amide bonds. The smallest absolute Gasteiger partial charge is 0.478 e. The van der Waals surface area contributed by atoms with Crippen LogP contribution < -0.4 is 9.64 Å². The van der Waals surface area contributed by atoms with Gasteiger partial charge in [-0.2, -0.15) is 0 Å². The number of nitrogens with zero attached hydrogens (tertiary/aromatic N) is 3. The van der Waals surface area contributed by atoms with E-state index in [0.29, 0.717) is 35.9 Å². The lowest BCUT2D eigenvalue weighted by Gasteiger charge is -2.57. The van der Waals surface area contributed by atoms with Gasteiger partial charge in [0.15, 0.2) is 0 Å². The van der Waals surface area contributed by atoms with Crippen molar-refractivity contribution in [2.45, 2.75) is 88.3 Å². The van der Waals surface area contributed by atoms with Crippen LogP contribution in [-0.4, -0.2) is 52.7 Å². The number of aromatic carboxylic acids is 1. The van der Waals surface area contributed by atoms with E-state index in [2.05, 4.69) is 26.7 Å². The van der Waals surface area contributed by atoms with Crippen LogP contribution >= 0.6 is 0 Å². The molecule has 2 bridgehead atoms. The van der Waals surface area contributed by atoms with Gasteiger partial charge in [0.25, 0.3) is 0 Å². The van der Waals surface area contributed by atoms with E-state index in [1.165, 1.54) is 12.1 Å². The molecule has 4 fully saturated rings. The van der Waals surface area contributed by atoms with Crippen LogP contribution in [0.15, 0.2) is 53.1 Å². The average molecular weight is 582 g/mol. The Morgan fingerprint density at radius 2 is 1.79 bits per heavy atom. The van der Waals surface area contributed by atoms with Crippen molar-refractivity contribution >= 4 is 11.7 Å². The van der Waals surface area contributed by atoms with Gasteiger partial charge in [-0.25, -0.2) is 4.79 Å². The molecule has 1 aromatic heterocycles. The largest absolute Gasteiger partial charge is 0.573 e. The summed E-state index contributed by atoms with van der Waals surface area (Å²) < 4.78 is 49.6. The maximum absolute atomic E-state index is 13.2. The molecule has 1 N–H and O–H groups in total. The molecule has 3 aromatic rings. The Labute approximate surface area is 242 Å². The minimum atomic E-state index is -4.80. The maximum Gasteiger partial charge on any atom is 0.573 e. The third-order valence-corrected chi connectivity index (χ3v) is 9.85. The third kappa shape index (κ3) is 5.03. The van der Waals surface area contributed by atoms with Gasteiger partial charge in [-0.1, -0.05) is 23.4 Å². The summed E-state index contributed by atoms with van der Waals surface area (Å²) in [6, 6.07) is 14.6. The highest BCUT2D eigenvalue weighted by atomic mass is 19.4. The van der Waals surface area contributed by atoms with Crippen LogP contribution in [0, 0.1) is 5.41 Å². The summed E-state index contributed by atoms with van der Waals surface area (Å²) in [6.07, 6.45) is 3.78. The number of hydrogen-bond donors (Lipinski definition) is 1. The van der Waals surface area contributed by atoms with Gasteiger partial charge in [0, 0.05) is 47.4 Å². The Bertz CT molecular complexity index is 1480. The predicted octanol–water partition coefficient (Wildman–Crippen LogP) is 7.23. The van der Waals surface area contributed by atoms with Crippen LogP contribution in [0.4, 0.5) is 18.9 Å². The van der Waals surface area contributed by atoms with Crippen molar-refractivity contribution in [1.29, 1.82) is 0 Å². The molecule has 1 spiro atoms. The molecule has 2 saturated carbocycles. The summed E-state index contributed by atoms with van der Waals surface area (Å²) in [5, 5.41) is 13.7. The number of alkyl halides is 3. The van der Waals surface area contributed by atoms with E-state index in [1.807, 2.05) is 12.1 Å². The zero-order valence-corrected chi connectivity index (χ0v) is 23.4. The molecular formula is C32H34F3N3O4. The van der Waals surface area contributed by atoms with Gasteiger partial charge < -0.3 is 19.3 Å². The van der Waals surface area contributed by atoms with Gasteiger partial charge in [-0.3, -0.25) is 4.90 Å². The first-order chi connectivity index (χ1) is 20.1. The minimum absolute atomic E-state index is 0.262. The van der Waals surface area contributed by atoms with E-state index in [4.69, 9.17) is 4.52 Å². The summed E-state index contributed by atoms with van der Waals surface area (Å²) in [5.74, 6) is -0.136. The quantitative estimate of drug-likeness (QED) is 0.301. The van der Waals surface area contributed by atoms with E-state index in [9.17, 15) is 23.1 Å². The van der Waals surface area contributed by atoms with Crippen molar-refractivity contribution in [3.05, 3.63) is 65.4 Å². The Kier molecular flexibility index (Phi) is 6.53. The zero-order chi connectivity index (χ0) is 29.2. The van der Waals surface area contributed by atoms with Crippen LogP contribution in [0.2, 0.25) is 0 Å². The second-order valence-electron chi connectivity index (χ2n) is 12.7. The van der Waals surface area contributed by atoms with Crippen LogP contribution in [0.25, 0.3) is 11.3 Å². The van der Waals surface area contributed by atoms with Crippen molar-refractivity contribution in [3.63, 3.8) is 0 Å². The number of halogens is 3. The molecule has 2 aliphatic heterocycles. The number of fused-ring (bicyclic) bond motifs is 2. The summed E-state index contributed by atoms with van der Waals surface area (Å²) in [6.45, 7) is 0.548. The van der Waals surface area contributed by atoms with Gasteiger partial charge in [-0.05, 0) is 94.2 Å². The molecular weight excluding hydrogens is 547 g/mol. The van der Waals surface area contributed by atoms with E-state index in [1.54, 1.807) is 24.3 Å². The number of carboxylic acid groups (broad SMARTS) is 1. The molecule has 7 nitrogen and oxygen atoms in total. The molecule has 3 heterocycles. The molecule has 2 unspecified atom stereocenters. The van der Waals surface area contributed by atoms with Crippen molar-refractivity contribution < 1.29 is 32.3 Å². The van der Waals surface area contributed by atoms with Gasteiger partial charge in [0.05, 0.1) is 5.56 Å². The number of para-hydroxylation sites is 1. The summed E-state index contributed by atoms with van der Waals surface area (Å²) >= 11 is 0. The lowest BCUT2D eigenvalue weighted by atomic mass is 9.58. The normalized spacial score (nSPS) is 27.0. The van der Waals surface area contributed by atoms with Gasteiger partial charge in [0.1, 0.15) is 17.2 Å². The highest BCUT2D eigenvalue weighted by Crippen LogP contribution is 2.58. The van der Waals surface area contributed by atoms with Crippen LogP contribution in [0.1, 0.15) is 79.0 Å². The molecule has 2 atom stereocenters. The Morgan fingerprint density at radius 3 is 2.45 bits per heavy atom. The number of carboxylic acids is 1. The van der Waals surface area contributed by atoms with Gasteiger partial charge >= 0.3 is 12.3 Å². The van der Waals surface area contributed by atoms with Crippen molar-refractivity contribution in [3.8, 4) is 17.0 Å². The van der Waals surface area contributed by atoms with Crippen molar-refractivity contribution in [1.82, 2.24) is 10.1 Å². The Morgan fingerprint density at radius 1 is 1.07 bits per heavy atom. The number of hydrogen-bond acceptors (Lipinski definition) is 6. The molecule has 2 aliphatic carbocycles. The van der Waals surface area contributed by atoms with Crippen molar-refractivity contribution in [2.24, 2.45) is 5.41 Å². The van der Waals surface area contributed by atoms with Crippen LogP contribution in [0.3, 0.4) is 0 Å². The average Bonchev–Trinajstić information content (AvgIpc) is 3.63. The number of piperidine rings is 1. The first kappa shape index (κ1) is 27.3. The first-order valence-electron chi connectivity index (χ1n) is 14.7. The van der Waals surface area contributed by atoms with E-state index >= 15 is 0 Å². The molecule has 222 valence electrons. The number of rotatable bonds is 8. The second-order valence-corrected chi connectivity index (χ2v) is 12.7. The SMILES string of the molecule is CN(Cc1c(-c2ccccc2OC(F)(F)F)noc1C1CC1)C1CC2(C1)CC1CCC(C2)N1c1cccc(C(=O)O)c1. The molecule has 2 saturated heterocycles. The summed E-state index contributed by atoms with van der Waals surface area (Å²) in [7, 11) is 2.09. The van der Waals surface area contributed by atoms with E-state index in [-0.39, 0.29) is 22.6 Å². The third-order valence-electron chi connectivity index (χ3n) is 9.85. The molecule has 4 aliphatic rings. The van der Waals surface area contributed by atoms with E-state index in [0.717, 1.165) is 68.4 Å². The van der Waals surface area contributed by atoms with E-state index < -0.39 is 12.3 Å². The molecule has 2 aromatic carbocycles. The Balaban J connectivity index is 1.06. The fourth-order valence-electron chi connectivity index (χ4n) is 7.86. The lowest BCUT2D eigenvalue weighted by molar-refractivity contribution is -0.274. The van der Waals surface area contributed by atoms with Gasteiger partial charge in [0.2, 0.25) is 0 Å². The minimum Gasteiger partial charge on any atom is -0.478 e. The predicted molar refractivity (Wildman–Crippen MR) is 149 cm³/mol. The number of ether oxygens (including phenoxy) is 1. The maximum atomic E-state index is 13.2. The molecule has 0 radical (unpaired) electrons. The first-order valence-corrected chi connectivity index (χ1v) is 14.7. The molecule has 10 heteroatoms. The lowest BCUT2D eigenvalue weighted by Crippen LogP contribution is -2.57. The monoisotopic (exact) mass is 581 g/mol. The highest BCUT2D eigenvalue weighted by molar-refractivity contribution is 5.89.